The minimum Gasteiger partial charge on any atom is -0.248 e. The summed E-state index contributed by atoms with van der Waals surface area (Å²) < 4.78 is 0. The number of nitrogens with zero attached hydrogens (tertiary/aromatic N) is 2. The zero-order chi connectivity index (χ0) is 9.84. The zero-order valence-corrected chi connectivity index (χ0v) is 9.58. The Morgan fingerprint density at radius 1 is 1.15 bits per heavy atom. The molecule has 1 atom stereocenters. The van der Waals surface area contributed by atoms with E-state index in [4.69, 9.17) is 0 Å². The van der Waals surface area contributed by atoms with E-state index >= 15 is 0 Å². The highest BCUT2D eigenvalue weighted by Crippen LogP contribution is 2.24. The van der Waals surface area contributed by atoms with Gasteiger partial charge in [0.15, 0.2) is 0 Å². The minimum absolute atomic E-state index is 0.863. The second-order valence-electron chi connectivity index (χ2n) is 4.74. The van der Waals surface area contributed by atoms with Crippen molar-refractivity contribution < 1.29 is 0 Å². The van der Waals surface area contributed by atoms with Gasteiger partial charge in [-0.15, -0.1) is 0 Å². The molecule has 0 amide bonds. The lowest BCUT2D eigenvalue weighted by molar-refractivity contribution is 0.0276. The Kier molecular flexibility index (Phi) is 4.20. The molecular weight excluding hydrogens is 160 g/mol. The summed E-state index contributed by atoms with van der Waals surface area (Å²) in [6, 6.07) is 0. The first-order valence-corrected chi connectivity index (χ1v) is 5.53. The van der Waals surface area contributed by atoms with Crippen LogP contribution >= 0.6 is 0 Å². The average molecular weight is 184 g/mol. The molecule has 0 N–H and O–H groups in total. The highest BCUT2D eigenvalue weighted by molar-refractivity contribution is 4.70. The van der Waals surface area contributed by atoms with E-state index in [1.54, 1.807) is 0 Å². The van der Waals surface area contributed by atoms with Crippen molar-refractivity contribution in [1.82, 2.24) is 10.0 Å². The van der Waals surface area contributed by atoms with Crippen molar-refractivity contribution in [2.45, 2.75) is 33.1 Å². The van der Waals surface area contributed by atoms with Crippen molar-refractivity contribution in [2.75, 3.05) is 27.2 Å². The van der Waals surface area contributed by atoms with Crippen molar-refractivity contribution in [2.24, 2.45) is 11.8 Å². The molecule has 1 fully saturated rings. The fraction of sp³-hybridized carbons (Fsp3) is 1.00. The smallest absolute Gasteiger partial charge is 0.0135 e. The van der Waals surface area contributed by atoms with Crippen molar-refractivity contribution in [1.29, 1.82) is 0 Å². The van der Waals surface area contributed by atoms with Gasteiger partial charge in [0.05, 0.1) is 0 Å². The fourth-order valence-corrected chi connectivity index (χ4v) is 2.17. The molecule has 13 heavy (non-hydrogen) atoms. The van der Waals surface area contributed by atoms with Gasteiger partial charge in [-0.25, -0.2) is 10.0 Å². The maximum Gasteiger partial charge on any atom is 0.0135 e. The first kappa shape index (κ1) is 11.0. The Bertz CT molecular complexity index is 127. The van der Waals surface area contributed by atoms with E-state index in [1.165, 1.54) is 32.4 Å². The maximum atomic E-state index is 2.46. The summed E-state index contributed by atoms with van der Waals surface area (Å²) in [5.41, 5.74) is 0. The molecule has 1 aliphatic heterocycles. The minimum atomic E-state index is 0.863. The number of hydrazine groups is 1. The van der Waals surface area contributed by atoms with Crippen LogP contribution < -0.4 is 0 Å². The van der Waals surface area contributed by atoms with Gasteiger partial charge in [0.2, 0.25) is 0 Å². The van der Waals surface area contributed by atoms with Crippen molar-refractivity contribution in [3.05, 3.63) is 0 Å². The summed E-state index contributed by atoms with van der Waals surface area (Å²) in [6.45, 7) is 7.21. The second kappa shape index (κ2) is 4.97. The summed E-state index contributed by atoms with van der Waals surface area (Å²) in [5.74, 6) is 1.81. The van der Waals surface area contributed by atoms with E-state index in [9.17, 15) is 0 Å². The molecule has 1 unspecified atom stereocenters. The zero-order valence-electron chi connectivity index (χ0n) is 9.58. The van der Waals surface area contributed by atoms with Gasteiger partial charge in [0, 0.05) is 27.2 Å². The van der Waals surface area contributed by atoms with Crippen LogP contribution in [0, 0.1) is 11.8 Å². The molecule has 0 aliphatic carbocycles. The summed E-state index contributed by atoms with van der Waals surface area (Å²) in [7, 11) is 4.30. The van der Waals surface area contributed by atoms with Crippen LogP contribution in [0.5, 0.6) is 0 Å². The van der Waals surface area contributed by atoms with Crippen molar-refractivity contribution >= 4 is 0 Å². The molecule has 0 aromatic heterocycles. The molecule has 0 aromatic carbocycles. The van der Waals surface area contributed by atoms with E-state index in [0.717, 1.165) is 11.8 Å². The number of rotatable bonds is 2. The molecule has 2 nitrogen and oxygen atoms in total. The van der Waals surface area contributed by atoms with Gasteiger partial charge in [0.25, 0.3) is 0 Å². The van der Waals surface area contributed by atoms with E-state index in [1.807, 2.05) is 0 Å². The van der Waals surface area contributed by atoms with Crippen LogP contribution in [0.3, 0.4) is 0 Å². The van der Waals surface area contributed by atoms with Crippen LogP contribution in [0.1, 0.15) is 33.1 Å². The molecule has 0 saturated carbocycles. The molecule has 1 saturated heterocycles. The van der Waals surface area contributed by atoms with Gasteiger partial charge in [-0.2, -0.15) is 0 Å². The Balaban J connectivity index is 2.39. The largest absolute Gasteiger partial charge is 0.248 e. The van der Waals surface area contributed by atoms with E-state index < -0.39 is 0 Å². The van der Waals surface area contributed by atoms with Gasteiger partial charge >= 0.3 is 0 Å². The Labute approximate surface area is 82.9 Å². The summed E-state index contributed by atoms with van der Waals surface area (Å²) in [4.78, 5) is 0. The van der Waals surface area contributed by atoms with Crippen LogP contribution in [-0.2, 0) is 0 Å². The van der Waals surface area contributed by atoms with E-state index in [2.05, 4.69) is 38.0 Å². The third kappa shape index (κ3) is 3.28. The summed E-state index contributed by atoms with van der Waals surface area (Å²) in [5, 5.41) is 4.70. The van der Waals surface area contributed by atoms with Crippen molar-refractivity contribution in [3.8, 4) is 0 Å². The Morgan fingerprint density at radius 2 is 1.85 bits per heavy atom. The van der Waals surface area contributed by atoms with Crippen molar-refractivity contribution in [3.63, 3.8) is 0 Å². The normalized spacial score (nSPS) is 26.8. The lowest BCUT2D eigenvalue weighted by Gasteiger charge is -2.27. The van der Waals surface area contributed by atoms with Gasteiger partial charge in [-0.3, -0.25) is 0 Å². The summed E-state index contributed by atoms with van der Waals surface area (Å²) in [6.07, 6.45) is 4.15. The molecule has 1 rings (SSSR count). The first-order valence-electron chi connectivity index (χ1n) is 5.53. The third-order valence-electron chi connectivity index (χ3n) is 3.26. The summed E-state index contributed by atoms with van der Waals surface area (Å²) >= 11 is 0. The second-order valence-corrected chi connectivity index (χ2v) is 4.74. The number of hydrogen-bond donors (Lipinski definition) is 0. The highest BCUT2D eigenvalue weighted by Gasteiger charge is 2.19. The lowest BCUT2D eigenvalue weighted by Crippen LogP contribution is -2.37. The SMILES string of the molecule is CC(C)C1CCCN(N(C)C)CC1. The van der Waals surface area contributed by atoms with Gasteiger partial charge in [-0.05, 0) is 31.1 Å². The van der Waals surface area contributed by atoms with E-state index in [-0.39, 0.29) is 0 Å². The average Bonchev–Trinajstić information content (AvgIpc) is 2.27. The topological polar surface area (TPSA) is 6.48 Å². The molecule has 2 heteroatoms. The molecule has 1 aliphatic rings. The monoisotopic (exact) mass is 184 g/mol. The fourth-order valence-electron chi connectivity index (χ4n) is 2.17. The highest BCUT2D eigenvalue weighted by atomic mass is 15.6. The lowest BCUT2D eigenvalue weighted by atomic mass is 9.89. The van der Waals surface area contributed by atoms with Gasteiger partial charge in [-0.1, -0.05) is 13.8 Å². The van der Waals surface area contributed by atoms with Crippen LogP contribution in [0.2, 0.25) is 0 Å². The molecule has 0 spiro atoms. The Hall–Kier alpha value is -0.0800. The first-order chi connectivity index (χ1) is 6.11. The van der Waals surface area contributed by atoms with Crippen LogP contribution in [0.15, 0.2) is 0 Å². The van der Waals surface area contributed by atoms with E-state index in [0.29, 0.717) is 0 Å². The predicted molar refractivity (Wildman–Crippen MR) is 57.4 cm³/mol. The maximum absolute atomic E-state index is 2.46. The van der Waals surface area contributed by atoms with Gasteiger partial charge < -0.3 is 0 Å². The quantitative estimate of drug-likeness (QED) is 0.649. The third-order valence-corrected chi connectivity index (χ3v) is 3.26. The molecule has 0 radical (unpaired) electrons. The van der Waals surface area contributed by atoms with Gasteiger partial charge in [0.1, 0.15) is 0 Å². The molecular formula is C11H24N2. The van der Waals surface area contributed by atoms with Crippen LogP contribution in [0.25, 0.3) is 0 Å². The molecule has 78 valence electrons. The number of hydrogen-bond acceptors (Lipinski definition) is 2. The molecule has 1 heterocycles. The van der Waals surface area contributed by atoms with Crippen LogP contribution in [-0.4, -0.2) is 37.2 Å². The standard InChI is InChI=1S/C11H24N2/c1-10(2)11-6-5-8-13(9-7-11)12(3)4/h10-11H,5-9H2,1-4H3. The van der Waals surface area contributed by atoms with Crippen LogP contribution in [0.4, 0.5) is 0 Å². The Morgan fingerprint density at radius 3 is 2.38 bits per heavy atom. The predicted octanol–water partition coefficient (Wildman–Crippen LogP) is 2.22. The molecule has 0 aromatic rings. The molecule has 0 bridgehead atoms.